The molecule has 5 nitrogen and oxygen atoms in total. The molecule has 2 rings (SSSR count). The van der Waals surface area contributed by atoms with Crippen LogP contribution in [0.1, 0.15) is 48.0 Å². The van der Waals surface area contributed by atoms with Crippen LogP contribution in [0.25, 0.3) is 0 Å². The predicted octanol–water partition coefficient (Wildman–Crippen LogP) is 3.59. The van der Waals surface area contributed by atoms with E-state index in [4.69, 9.17) is 13.7 Å². The van der Waals surface area contributed by atoms with E-state index in [-0.39, 0.29) is 11.0 Å². The molecule has 166 valence electrons. The van der Waals surface area contributed by atoms with E-state index in [0.29, 0.717) is 6.42 Å². The van der Waals surface area contributed by atoms with Crippen molar-refractivity contribution in [3.8, 4) is 0 Å². The van der Waals surface area contributed by atoms with Crippen LogP contribution in [-0.2, 0) is 18.9 Å². The Morgan fingerprint density at radius 2 is 1.33 bits per heavy atom. The topological polar surface area (TPSA) is 78.6 Å². The van der Waals surface area contributed by atoms with Crippen LogP contribution < -0.4 is 15.5 Å². The summed E-state index contributed by atoms with van der Waals surface area (Å²) in [6, 6.07) is 20.5. The van der Waals surface area contributed by atoms with Crippen molar-refractivity contribution in [2.24, 2.45) is 11.1 Å². The van der Waals surface area contributed by atoms with E-state index in [9.17, 15) is 8.42 Å². The van der Waals surface area contributed by atoms with Crippen LogP contribution in [0.4, 0.5) is 0 Å². The van der Waals surface area contributed by atoms with Crippen LogP contribution in [0.15, 0.2) is 60.7 Å². The number of rotatable bonds is 9. The average Bonchev–Trinajstić information content (AvgIpc) is 2.64. The van der Waals surface area contributed by atoms with Crippen LogP contribution >= 0.6 is 0 Å². The minimum Gasteiger partial charge on any atom is -0.402 e. The van der Waals surface area contributed by atoms with Crippen molar-refractivity contribution in [3.05, 3.63) is 60.7 Å². The van der Waals surface area contributed by atoms with Gasteiger partial charge in [0.15, 0.2) is 0 Å². The Hall–Kier alpha value is -1.51. The predicted molar refractivity (Wildman–Crippen MR) is 126 cm³/mol. The van der Waals surface area contributed by atoms with Gasteiger partial charge in [0.1, 0.15) is 6.10 Å². The third kappa shape index (κ3) is 6.01. The van der Waals surface area contributed by atoms with Crippen LogP contribution in [-0.4, -0.2) is 28.9 Å². The zero-order valence-corrected chi connectivity index (χ0v) is 20.6. The van der Waals surface area contributed by atoms with E-state index in [0.717, 1.165) is 10.4 Å². The van der Waals surface area contributed by atoms with Crippen molar-refractivity contribution in [2.75, 3.05) is 0 Å². The fraction of sp³-hybridized carbons (Fsp3) is 0.478. The van der Waals surface area contributed by atoms with Crippen molar-refractivity contribution >= 4 is 29.0 Å². The van der Waals surface area contributed by atoms with E-state index in [1.165, 1.54) is 0 Å². The summed E-state index contributed by atoms with van der Waals surface area (Å²) in [7, 11) is -6.92. The lowest BCUT2D eigenvalue weighted by Crippen LogP contribution is -2.68. The molecule has 30 heavy (non-hydrogen) atoms. The van der Waals surface area contributed by atoms with Gasteiger partial charge in [-0.05, 0) is 34.7 Å². The Morgan fingerprint density at radius 1 is 0.900 bits per heavy atom. The Bertz CT molecular complexity index is 856. The lowest BCUT2D eigenvalue weighted by Gasteiger charge is -2.45. The maximum atomic E-state index is 11.7. The molecular weight excluding hydrogens is 414 g/mol. The molecule has 7 heteroatoms. The van der Waals surface area contributed by atoms with Crippen molar-refractivity contribution < 1.29 is 17.0 Å². The molecule has 2 aromatic rings. The molecule has 0 aliphatic heterocycles. The third-order valence-electron chi connectivity index (χ3n) is 5.26. The van der Waals surface area contributed by atoms with E-state index in [1.54, 1.807) is 0 Å². The minimum atomic E-state index is -4.10. The van der Waals surface area contributed by atoms with Gasteiger partial charge in [-0.3, -0.25) is 4.18 Å². The average molecular weight is 450 g/mol. The molecule has 0 aliphatic carbocycles. The zero-order chi connectivity index (χ0) is 22.6. The first-order valence-corrected chi connectivity index (χ1v) is 13.7. The molecule has 0 saturated carbocycles. The van der Waals surface area contributed by atoms with Crippen molar-refractivity contribution in [2.45, 2.75) is 65.2 Å². The summed E-state index contributed by atoms with van der Waals surface area (Å²) >= 11 is 0. The second-order valence-electron chi connectivity index (χ2n) is 9.24. The quantitative estimate of drug-likeness (QED) is 0.594. The van der Waals surface area contributed by atoms with Crippen LogP contribution in [0.3, 0.4) is 0 Å². The molecule has 0 spiro atoms. The molecule has 0 fully saturated rings. The molecule has 0 heterocycles. The van der Waals surface area contributed by atoms with Crippen molar-refractivity contribution in [3.63, 3.8) is 0 Å². The standard InChI is InChI=1S/C23H35NO4SSi/c1-18(2)17-22(27-29(24,25)26)19(3)28-30(23(4,5)6,20-13-9-7-10-14-20)21-15-11-8-12-16-21/h7-16,18-19,22H,17H2,1-6H3,(H2,24,25,26). The van der Waals surface area contributed by atoms with Gasteiger partial charge in [-0.2, -0.15) is 8.42 Å². The summed E-state index contributed by atoms with van der Waals surface area (Å²) in [5, 5.41) is 7.28. The van der Waals surface area contributed by atoms with Crippen molar-refractivity contribution in [1.29, 1.82) is 0 Å². The highest BCUT2D eigenvalue weighted by molar-refractivity contribution is 7.84. The highest BCUT2D eigenvalue weighted by atomic mass is 32.2. The fourth-order valence-corrected chi connectivity index (χ4v) is 9.30. The maximum absolute atomic E-state index is 11.7. The smallest absolute Gasteiger partial charge is 0.333 e. The van der Waals surface area contributed by atoms with Gasteiger partial charge in [-0.15, -0.1) is 0 Å². The maximum Gasteiger partial charge on any atom is 0.333 e. The molecule has 0 bridgehead atoms. The summed E-state index contributed by atoms with van der Waals surface area (Å²) in [5.74, 6) is 0.224. The molecule has 2 aromatic carbocycles. The van der Waals surface area contributed by atoms with E-state index < -0.39 is 30.8 Å². The number of hydrogen-bond acceptors (Lipinski definition) is 4. The molecule has 0 amide bonds. The van der Waals surface area contributed by atoms with E-state index >= 15 is 0 Å². The van der Waals surface area contributed by atoms with Crippen LogP contribution in [0.2, 0.25) is 5.04 Å². The first kappa shape index (κ1) is 24.8. The molecule has 2 atom stereocenters. The van der Waals surface area contributed by atoms with Gasteiger partial charge in [0.25, 0.3) is 8.32 Å². The third-order valence-corrected chi connectivity index (χ3v) is 10.9. The molecule has 2 N–H and O–H groups in total. The summed E-state index contributed by atoms with van der Waals surface area (Å²) < 4.78 is 35.7. The van der Waals surface area contributed by atoms with Gasteiger partial charge >= 0.3 is 10.3 Å². The van der Waals surface area contributed by atoms with Gasteiger partial charge in [0, 0.05) is 0 Å². The molecule has 0 radical (unpaired) electrons. The Labute approximate surface area is 183 Å². The largest absolute Gasteiger partial charge is 0.402 e. The number of benzene rings is 2. The molecule has 0 saturated heterocycles. The molecule has 2 unspecified atom stereocenters. The molecular formula is C23H35NO4SSi. The first-order chi connectivity index (χ1) is 13.9. The molecule has 0 aliphatic rings. The second-order valence-corrected chi connectivity index (χ2v) is 14.7. The number of nitrogens with two attached hydrogens (primary N) is 1. The van der Waals surface area contributed by atoms with Gasteiger partial charge in [0.05, 0.1) is 6.10 Å². The van der Waals surface area contributed by atoms with Crippen LogP contribution in [0.5, 0.6) is 0 Å². The Morgan fingerprint density at radius 3 is 1.67 bits per heavy atom. The highest BCUT2D eigenvalue weighted by Gasteiger charge is 2.51. The Kier molecular flexibility index (Phi) is 8.04. The first-order valence-electron chi connectivity index (χ1n) is 10.4. The fourth-order valence-electron chi connectivity index (χ4n) is 3.99. The second kappa shape index (κ2) is 9.74. The zero-order valence-electron chi connectivity index (χ0n) is 18.8. The van der Waals surface area contributed by atoms with Gasteiger partial charge in [0.2, 0.25) is 0 Å². The SMILES string of the molecule is CC(C)CC(OS(N)(=O)=O)C(C)O[Si](c1ccccc1)(c1ccccc1)C(C)(C)C. The van der Waals surface area contributed by atoms with Crippen molar-refractivity contribution in [1.82, 2.24) is 0 Å². The monoisotopic (exact) mass is 449 g/mol. The summed E-state index contributed by atoms with van der Waals surface area (Å²) in [6.07, 6.45) is -0.617. The van der Waals surface area contributed by atoms with Gasteiger partial charge in [-0.1, -0.05) is 95.3 Å². The normalized spacial score (nSPS) is 15.2. The van der Waals surface area contributed by atoms with E-state index in [1.807, 2.05) is 57.2 Å². The van der Waals surface area contributed by atoms with Crippen LogP contribution in [0, 0.1) is 5.92 Å². The minimum absolute atomic E-state index is 0.214. The Balaban J connectivity index is 2.62. The van der Waals surface area contributed by atoms with Gasteiger partial charge < -0.3 is 4.43 Å². The highest BCUT2D eigenvalue weighted by Crippen LogP contribution is 2.38. The van der Waals surface area contributed by atoms with Gasteiger partial charge in [-0.25, -0.2) is 5.14 Å². The number of hydrogen-bond donors (Lipinski definition) is 1. The molecule has 0 aromatic heterocycles. The lowest BCUT2D eigenvalue weighted by molar-refractivity contribution is 0.0499. The summed E-state index contributed by atoms with van der Waals surface area (Å²) in [6.45, 7) is 12.5. The lowest BCUT2D eigenvalue weighted by atomic mass is 10.0. The van der Waals surface area contributed by atoms with E-state index in [2.05, 4.69) is 45.0 Å². The summed E-state index contributed by atoms with van der Waals surface area (Å²) in [5.41, 5.74) is 0. The summed E-state index contributed by atoms with van der Waals surface area (Å²) in [4.78, 5) is 0.